The van der Waals surface area contributed by atoms with E-state index in [0.717, 1.165) is 47.7 Å². The number of H-pyrrole nitrogens is 1. The molecule has 0 saturated carbocycles. The van der Waals surface area contributed by atoms with Crippen molar-refractivity contribution >= 4 is 45.8 Å². The van der Waals surface area contributed by atoms with Gasteiger partial charge in [0.2, 0.25) is 0 Å². The standard InChI is InChI=1S/C23H27N5OS/c29-23(25-18-4-3-17-7-8-24-20(17)15-18)26-19-5-6-22-21(16-19)28(13-14-30-22)12-11-27-9-1-2-10-27/h3-8,15-16,24H,1-2,9-14H2,(H2,25,26,29). The predicted molar refractivity (Wildman–Crippen MR) is 126 cm³/mol. The molecule has 30 heavy (non-hydrogen) atoms. The minimum absolute atomic E-state index is 0.229. The number of carbonyl (C=O) groups excluding carboxylic acids is 1. The van der Waals surface area contributed by atoms with Crippen LogP contribution in [0.4, 0.5) is 21.9 Å². The highest BCUT2D eigenvalue weighted by atomic mass is 32.2. The first-order valence-electron chi connectivity index (χ1n) is 10.6. The van der Waals surface area contributed by atoms with E-state index in [9.17, 15) is 4.79 Å². The molecule has 0 aliphatic carbocycles. The van der Waals surface area contributed by atoms with Crippen LogP contribution in [-0.4, -0.2) is 54.4 Å². The largest absolute Gasteiger partial charge is 0.368 e. The van der Waals surface area contributed by atoms with Crippen LogP contribution in [0.2, 0.25) is 0 Å². The van der Waals surface area contributed by atoms with E-state index in [2.05, 4.69) is 37.6 Å². The quantitative estimate of drug-likeness (QED) is 0.553. The number of amides is 2. The van der Waals surface area contributed by atoms with E-state index in [-0.39, 0.29) is 6.03 Å². The predicted octanol–water partition coefficient (Wildman–Crippen LogP) is 4.82. The van der Waals surface area contributed by atoms with Crippen molar-refractivity contribution in [2.24, 2.45) is 0 Å². The van der Waals surface area contributed by atoms with E-state index in [1.54, 1.807) is 0 Å². The van der Waals surface area contributed by atoms with Crippen LogP contribution in [0.1, 0.15) is 12.8 Å². The van der Waals surface area contributed by atoms with E-state index in [0.29, 0.717) is 0 Å². The third-order valence-corrected chi connectivity index (χ3v) is 6.92. The lowest BCUT2D eigenvalue weighted by Crippen LogP contribution is -2.36. The fourth-order valence-electron chi connectivity index (χ4n) is 4.27. The Morgan fingerprint density at radius 3 is 2.63 bits per heavy atom. The Kier molecular flexibility index (Phi) is 5.55. The molecule has 2 aliphatic rings. The van der Waals surface area contributed by atoms with Gasteiger partial charge in [-0.3, -0.25) is 0 Å². The van der Waals surface area contributed by atoms with Crippen LogP contribution < -0.4 is 15.5 Å². The summed E-state index contributed by atoms with van der Waals surface area (Å²) in [5, 5.41) is 7.05. The van der Waals surface area contributed by atoms with Crippen molar-refractivity contribution in [3.8, 4) is 0 Å². The van der Waals surface area contributed by atoms with Gasteiger partial charge in [0, 0.05) is 53.4 Å². The molecule has 156 valence electrons. The van der Waals surface area contributed by atoms with Crippen molar-refractivity contribution in [3.05, 3.63) is 48.7 Å². The number of fused-ring (bicyclic) bond motifs is 2. The number of aromatic amines is 1. The zero-order valence-electron chi connectivity index (χ0n) is 17.0. The summed E-state index contributed by atoms with van der Waals surface area (Å²) in [5.41, 5.74) is 3.83. The third-order valence-electron chi connectivity index (χ3n) is 5.87. The molecule has 5 rings (SSSR count). The second kappa shape index (κ2) is 8.62. The summed E-state index contributed by atoms with van der Waals surface area (Å²) in [4.78, 5) is 22.0. The van der Waals surface area contributed by atoms with Crippen molar-refractivity contribution < 1.29 is 4.79 Å². The van der Waals surface area contributed by atoms with E-state index < -0.39 is 0 Å². The number of likely N-dealkylation sites (tertiary alicyclic amines) is 1. The molecule has 7 heteroatoms. The summed E-state index contributed by atoms with van der Waals surface area (Å²) in [6.07, 6.45) is 4.55. The molecule has 1 fully saturated rings. The maximum absolute atomic E-state index is 12.5. The Balaban J connectivity index is 1.25. The molecule has 2 aromatic carbocycles. The van der Waals surface area contributed by atoms with Gasteiger partial charge in [-0.1, -0.05) is 6.07 Å². The SMILES string of the molecule is O=C(Nc1ccc2c(c1)N(CCN1CCCC1)CCS2)Nc1ccc2cc[nH]c2c1. The minimum Gasteiger partial charge on any atom is -0.368 e. The van der Waals surface area contributed by atoms with E-state index >= 15 is 0 Å². The Morgan fingerprint density at radius 1 is 0.967 bits per heavy atom. The number of urea groups is 1. The molecule has 3 aromatic rings. The second-order valence-corrected chi connectivity index (χ2v) is 9.06. The maximum Gasteiger partial charge on any atom is 0.323 e. The zero-order valence-corrected chi connectivity index (χ0v) is 17.8. The van der Waals surface area contributed by atoms with Gasteiger partial charge in [0.15, 0.2) is 0 Å². The summed E-state index contributed by atoms with van der Waals surface area (Å²) in [6.45, 7) is 5.66. The van der Waals surface area contributed by atoms with Crippen molar-refractivity contribution in [2.75, 3.05) is 54.0 Å². The van der Waals surface area contributed by atoms with E-state index in [1.807, 2.05) is 48.3 Å². The first kappa shape index (κ1) is 19.3. The molecule has 1 saturated heterocycles. The van der Waals surface area contributed by atoms with Crippen molar-refractivity contribution in [1.82, 2.24) is 9.88 Å². The molecule has 0 unspecified atom stereocenters. The second-order valence-electron chi connectivity index (χ2n) is 7.93. The molecule has 6 nitrogen and oxygen atoms in total. The number of aromatic nitrogens is 1. The van der Waals surface area contributed by atoms with Gasteiger partial charge >= 0.3 is 6.03 Å². The van der Waals surface area contributed by atoms with Gasteiger partial charge in [0.25, 0.3) is 0 Å². The number of rotatable bonds is 5. The fraction of sp³-hybridized carbons (Fsp3) is 0.348. The number of carbonyl (C=O) groups is 1. The molecule has 1 aromatic heterocycles. The average molecular weight is 422 g/mol. The molecule has 0 spiro atoms. The first-order chi connectivity index (χ1) is 14.7. The lowest BCUT2D eigenvalue weighted by atomic mass is 10.2. The van der Waals surface area contributed by atoms with Gasteiger partial charge in [-0.25, -0.2) is 4.79 Å². The summed E-state index contributed by atoms with van der Waals surface area (Å²) in [6, 6.07) is 13.9. The summed E-state index contributed by atoms with van der Waals surface area (Å²) < 4.78 is 0. The topological polar surface area (TPSA) is 63.4 Å². The molecule has 0 radical (unpaired) electrons. The van der Waals surface area contributed by atoms with Gasteiger partial charge < -0.3 is 25.4 Å². The molecule has 2 aliphatic heterocycles. The molecule has 0 bridgehead atoms. The van der Waals surface area contributed by atoms with E-state index in [1.165, 1.54) is 36.5 Å². The van der Waals surface area contributed by atoms with Gasteiger partial charge in [-0.05, 0) is 67.7 Å². The number of thioether (sulfide) groups is 1. The number of nitrogens with zero attached hydrogens (tertiary/aromatic N) is 2. The van der Waals surface area contributed by atoms with Gasteiger partial charge in [-0.15, -0.1) is 11.8 Å². The van der Waals surface area contributed by atoms with Crippen molar-refractivity contribution in [3.63, 3.8) is 0 Å². The lowest BCUT2D eigenvalue weighted by Gasteiger charge is -2.32. The Labute approximate surface area is 181 Å². The molecule has 2 amide bonds. The monoisotopic (exact) mass is 421 g/mol. The molecule has 3 heterocycles. The van der Waals surface area contributed by atoms with Crippen molar-refractivity contribution in [1.29, 1.82) is 0 Å². The van der Waals surface area contributed by atoms with Crippen LogP contribution in [0.15, 0.2) is 53.6 Å². The molecule has 0 atom stereocenters. The van der Waals surface area contributed by atoms with Crippen LogP contribution in [0.5, 0.6) is 0 Å². The molecular formula is C23H27N5OS. The highest BCUT2D eigenvalue weighted by Gasteiger charge is 2.20. The smallest absolute Gasteiger partial charge is 0.323 e. The summed E-state index contributed by atoms with van der Waals surface area (Å²) in [7, 11) is 0. The Hall–Kier alpha value is -2.64. The lowest BCUT2D eigenvalue weighted by molar-refractivity contribution is 0.262. The Morgan fingerprint density at radius 2 is 1.77 bits per heavy atom. The summed E-state index contributed by atoms with van der Waals surface area (Å²) in [5.74, 6) is 1.11. The summed E-state index contributed by atoms with van der Waals surface area (Å²) >= 11 is 1.90. The van der Waals surface area contributed by atoms with Crippen LogP contribution in [0.3, 0.4) is 0 Å². The normalized spacial score (nSPS) is 16.6. The van der Waals surface area contributed by atoms with Crippen molar-refractivity contribution in [2.45, 2.75) is 17.7 Å². The third kappa shape index (κ3) is 4.27. The van der Waals surface area contributed by atoms with Gasteiger partial charge in [0.05, 0.1) is 5.69 Å². The number of hydrogen-bond acceptors (Lipinski definition) is 4. The fourth-order valence-corrected chi connectivity index (χ4v) is 5.30. The number of anilines is 3. The number of hydrogen-bond donors (Lipinski definition) is 3. The van der Waals surface area contributed by atoms with Crippen LogP contribution in [0.25, 0.3) is 10.9 Å². The molecular weight excluding hydrogens is 394 g/mol. The van der Waals surface area contributed by atoms with E-state index in [4.69, 9.17) is 0 Å². The molecule has 3 N–H and O–H groups in total. The zero-order chi connectivity index (χ0) is 20.3. The van der Waals surface area contributed by atoms with Gasteiger partial charge in [0.1, 0.15) is 0 Å². The minimum atomic E-state index is -0.229. The highest BCUT2D eigenvalue weighted by molar-refractivity contribution is 7.99. The van der Waals surface area contributed by atoms with Crippen LogP contribution in [-0.2, 0) is 0 Å². The first-order valence-corrected chi connectivity index (χ1v) is 11.6. The van der Waals surface area contributed by atoms with Crippen LogP contribution >= 0.6 is 11.8 Å². The average Bonchev–Trinajstić information content (AvgIpc) is 3.43. The number of benzene rings is 2. The Bertz CT molecular complexity index is 1040. The maximum atomic E-state index is 12.5. The number of nitrogens with one attached hydrogen (secondary N) is 3. The van der Waals surface area contributed by atoms with Crippen LogP contribution in [0, 0.1) is 0 Å². The van der Waals surface area contributed by atoms with Gasteiger partial charge in [-0.2, -0.15) is 0 Å². The highest BCUT2D eigenvalue weighted by Crippen LogP contribution is 2.36.